The van der Waals surface area contributed by atoms with Crippen molar-refractivity contribution >= 4 is 10.0 Å². The summed E-state index contributed by atoms with van der Waals surface area (Å²) in [7, 11) is -3.14. The van der Waals surface area contributed by atoms with Crippen LogP contribution in [-0.4, -0.2) is 30.1 Å². The number of benzene rings is 1. The van der Waals surface area contributed by atoms with E-state index in [4.69, 9.17) is 0 Å². The van der Waals surface area contributed by atoms with Crippen molar-refractivity contribution in [2.45, 2.75) is 45.8 Å². The number of hydrogen-bond donors (Lipinski definition) is 1. The van der Waals surface area contributed by atoms with Crippen molar-refractivity contribution in [1.29, 1.82) is 0 Å². The second kappa shape index (κ2) is 6.24. The molecule has 4 nitrogen and oxygen atoms in total. The van der Waals surface area contributed by atoms with Gasteiger partial charge in [0.2, 0.25) is 10.0 Å². The van der Waals surface area contributed by atoms with E-state index in [1.54, 1.807) is 11.2 Å². The molecular weight excluding hydrogens is 274 g/mol. The summed E-state index contributed by atoms with van der Waals surface area (Å²) >= 11 is 0. The lowest BCUT2D eigenvalue weighted by molar-refractivity contribution is 0.166. The Morgan fingerprint density at radius 2 is 2.05 bits per heavy atom. The second-order valence-corrected chi connectivity index (χ2v) is 7.57. The van der Waals surface area contributed by atoms with Crippen molar-refractivity contribution in [2.24, 2.45) is 0 Å². The molecule has 2 rings (SSSR count). The largest absolute Gasteiger partial charge is 0.388 e. The first-order valence-corrected chi connectivity index (χ1v) is 8.86. The molecule has 1 aromatic rings. The second-order valence-electron chi connectivity index (χ2n) is 5.32. The zero-order valence-corrected chi connectivity index (χ0v) is 13.0. The first-order chi connectivity index (χ1) is 9.47. The van der Waals surface area contributed by atoms with E-state index < -0.39 is 16.1 Å². The van der Waals surface area contributed by atoms with E-state index in [9.17, 15) is 13.5 Å². The summed E-state index contributed by atoms with van der Waals surface area (Å²) in [5.74, 6) is 0.139. The van der Waals surface area contributed by atoms with Gasteiger partial charge in [0, 0.05) is 13.1 Å². The molecule has 0 aromatic heterocycles. The van der Waals surface area contributed by atoms with Gasteiger partial charge >= 0.3 is 0 Å². The highest BCUT2D eigenvalue weighted by Crippen LogP contribution is 2.26. The van der Waals surface area contributed by atoms with Crippen LogP contribution in [0.25, 0.3) is 0 Å². The van der Waals surface area contributed by atoms with Crippen LogP contribution in [0.15, 0.2) is 18.2 Å². The lowest BCUT2D eigenvalue weighted by atomic mass is 9.95. The maximum Gasteiger partial charge on any atom is 0.214 e. The fourth-order valence-electron chi connectivity index (χ4n) is 2.62. The molecule has 0 spiro atoms. The lowest BCUT2D eigenvalue weighted by Crippen LogP contribution is -2.36. The molecule has 0 saturated heterocycles. The van der Waals surface area contributed by atoms with Gasteiger partial charge in [0.15, 0.2) is 0 Å². The van der Waals surface area contributed by atoms with E-state index in [0.29, 0.717) is 13.1 Å². The van der Waals surface area contributed by atoms with Crippen molar-refractivity contribution in [1.82, 2.24) is 4.31 Å². The monoisotopic (exact) mass is 297 g/mol. The van der Waals surface area contributed by atoms with E-state index >= 15 is 0 Å². The molecule has 1 aliphatic heterocycles. The Bertz CT molecular complexity index is 568. The van der Waals surface area contributed by atoms with Crippen LogP contribution in [-0.2, 0) is 23.0 Å². The number of aliphatic hydroxyl groups excluding tert-OH is 1. The van der Waals surface area contributed by atoms with E-state index in [1.807, 2.05) is 25.1 Å². The van der Waals surface area contributed by atoms with Crippen molar-refractivity contribution < 1.29 is 13.5 Å². The van der Waals surface area contributed by atoms with Crippen LogP contribution in [0.5, 0.6) is 0 Å². The number of aliphatic hydroxyl groups is 1. The zero-order valence-electron chi connectivity index (χ0n) is 12.2. The SMILES string of the molecule is CCCC(O)c1ccc2c(c1)CN(S(=O)(=O)CC)CC2. The molecule has 20 heavy (non-hydrogen) atoms. The molecule has 112 valence electrons. The molecule has 1 N–H and O–H groups in total. The van der Waals surface area contributed by atoms with Gasteiger partial charge in [-0.05, 0) is 36.5 Å². The summed E-state index contributed by atoms with van der Waals surface area (Å²) in [5, 5.41) is 10.1. The van der Waals surface area contributed by atoms with Crippen LogP contribution in [0.4, 0.5) is 0 Å². The molecule has 0 amide bonds. The highest BCUT2D eigenvalue weighted by atomic mass is 32.2. The van der Waals surface area contributed by atoms with Crippen molar-refractivity contribution in [3.8, 4) is 0 Å². The fourth-order valence-corrected chi connectivity index (χ4v) is 3.69. The minimum atomic E-state index is -3.14. The molecule has 0 fully saturated rings. The normalized spacial score (nSPS) is 17.8. The van der Waals surface area contributed by atoms with Crippen molar-refractivity contribution in [3.63, 3.8) is 0 Å². The highest BCUT2D eigenvalue weighted by Gasteiger charge is 2.25. The quantitative estimate of drug-likeness (QED) is 0.906. The molecule has 5 heteroatoms. The summed E-state index contributed by atoms with van der Waals surface area (Å²) < 4.78 is 25.5. The van der Waals surface area contributed by atoms with Gasteiger partial charge in [-0.2, -0.15) is 4.31 Å². The van der Waals surface area contributed by atoms with Gasteiger partial charge in [-0.15, -0.1) is 0 Å². The maximum atomic E-state index is 12.0. The Kier molecular flexibility index (Phi) is 4.83. The van der Waals surface area contributed by atoms with Gasteiger partial charge < -0.3 is 5.11 Å². The minimum absolute atomic E-state index is 0.139. The topological polar surface area (TPSA) is 57.6 Å². The van der Waals surface area contributed by atoms with E-state index in [-0.39, 0.29) is 5.75 Å². The summed E-state index contributed by atoms with van der Waals surface area (Å²) in [5.41, 5.74) is 3.11. The van der Waals surface area contributed by atoms with Gasteiger partial charge in [-0.3, -0.25) is 0 Å². The van der Waals surface area contributed by atoms with Crippen LogP contribution in [0.2, 0.25) is 0 Å². The van der Waals surface area contributed by atoms with Gasteiger partial charge in [0.25, 0.3) is 0 Å². The maximum absolute atomic E-state index is 12.0. The third-order valence-electron chi connectivity index (χ3n) is 3.91. The van der Waals surface area contributed by atoms with Crippen LogP contribution in [0.3, 0.4) is 0 Å². The molecule has 1 aromatic carbocycles. The molecule has 1 atom stereocenters. The highest BCUT2D eigenvalue weighted by molar-refractivity contribution is 7.89. The Hall–Kier alpha value is -0.910. The predicted molar refractivity (Wildman–Crippen MR) is 79.9 cm³/mol. The fraction of sp³-hybridized carbons (Fsp3) is 0.600. The number of hydrogen-bond acceptors (Lipinski definition) is 3. The Balaban J connectivity index is 2.24. The first-order valence-electron chi connectivity index (χ1n) is 7.25. The average Bonchev–Trinajstić information content (AvgIpc) is 2.46. The summed E-state index contributed by atoms with van der Waals surface area (Å²) in [4.78, 5) is 0. The first kappa shape index (κ1) is 15.5. The molecule has 0 bridgehead atoms. The number of sulfonamides is 1. The third-order valence-corrected chi connectivity index (χ3v) is 5.74. The number of nitrogens with zero attached hydrogens (tertiary/aromatic N) is 1. The predicted octanol–water partition coefficient (Wildman–Crippen LogP) is 2.23. The van der Waals surface area contributed by atoms with Crippen molar-refractivity contribution in [3.05, 3.63) is 34.9 Å². The van der Waals surface area contributed by atoms with Crippen LogP contribution in [0, 0.1) is 0 Å². The molecule has 0 aliphatic carbocycles. The van der Waals surface area contributed by atoms with Crippen molar-refractivity contribution in [2.75, 3.05) is 12.3 Å². The minimum Gasteiger partial charge on any atom is -0.388 e. The van der Waals surface area contributed by atoms with E-state index in [1.165, 1.54) is 5.56 Å². The van der Waals surface area contributed by atoms with Crippen LogP contribution < -0.4 is 0 Å². The molecule has 0 radical (unpaired) electrons. The smallest absolute Gasteiger partial charge is 0.214 e. The molecular formula is C15H23NO3S. The molecule has 0 saturated carbocycles. The van der Waals surface area contributed by atoms with Gasteiger partial charge in [-0.1, -0.05) is 31.5 Å². The number of fused-ring (bicyclic) bond motifs is 1. The summed E-state index contributed by atoms with van der Waals surface area (Å²) in [6.07, 6.45) is 1.95. The summed E-state index contributed by atoms with van der Waals surface area (Å²) in [6, 6.07) is 5.95. The van der Waals surface area contributed by atoms with E-state index in [0.717, 1.165) is 30.4 Å². The summed E-state index contributed by atoms with van der Waals surface area (Å²) in [6.45, 7) is 4.70. The Morgan fingerprint density at radius 1 is 1.30 bits per heavy atom. The average molecular weight is 297 g/mol. The molecule has 1 aliphatic rings. The van der Waals surface area contributed by atoms with Crippen LogP contribution in [0.1, 0.15) is 49.5 Å². The zero-order chi connectivity index (χ0) is 14.8. The standard InChI is InChI=1S/C15H23NO3S/c1-3-5-15(17)13-7-6-12-8-9-16(11-14(12)10-13)20(18,19)4-2/h6-7,10,15,17H,3-5,8-9,11H2,1-2H3. The Labute approximate surface area is 121 Å². The van der Waals surface area contributed by atoms with Crippen LogP contribution >= 0.6 is 0 Å². The lowest BCUT2D eigenvalue weighted by Gasteiger charge is -2.28. The molecule has 1 unspecified atom stereocenters. The van der Waals surface area contributed by atoms with Gasteiger partial charge in [-0.25, -0.2) is 8.42 Å². The third kappa shape index (κ3) is 3.22. The number of rotatable bonds is 5. The van der Waals surface area contributed by atoms with E-state index in [2.05, 4.69) is 0 Å². The van der Waals surface area contributed by atoms with Gasteiger partial charge in [0.1, 0.15) is 0 Å². The Morgan fingerprint density at radius 3 is 2.70 bits per heavy atom. The van der Waals surface area contributed by atoms with Gasteiger partial charge in [0.05, 0.1) is 11.9 Å². The molecule has 1 heterocycles.